The number of H-pyrrole nitrogens is 1. The van der Waals surface area contributed by atoms with Crippen LogP contribution in [-0.2, 0) is 6.54 Å². The SMILES string of the molecule is c1ccc(-c2cc3n(CCCSc4nc(-c5ccccc5)c(-c5ccccc5)[nH]4)ccn3n2)cc1. The largest absolute Gasteiger partial charge is 0.332 e. The van der Waals surface area contributed by atoms with Crippen molar-refractivity contribution in [1.29, 1.82) is 0 Å². The van der Waals surface area contributed by atoms with Gasteiger partial charge in [0.2, 0.25) is 0 Å². The van der Waals surface area contributed by atoms with Gasteiger partial charge < -0.3 is 9.55 Å². The van der Waals surface area contributed by atoms with Gasteiger partial charge in [-0.25, -0.2) is 9.50 Å². The van der Waals surface area contributed by atoms with Gasteiger partial charge >= 0.3 is 0 Å². The first-order valence-electron chi connectivity index (χ1n) is 11.8. The number of aryl methyl sites for hydroxylation is 1. The summed E-state index contributed by atoms with van der Waals surface area (Å²) in [5.74, 6) is 0.972. The minimum absolute atomic E-state index is 0.932. The summed E-state index contributed by atoms with van der Waals surface area (Å²) in [6.07, 6.45) is 5.16. The molecule has 3 aromatic carbocycles. The number of nitrogens with zero attached hydrogens (tertiary/aromatic N) is 4. The molecule has 0 spiro atoms. The Morgan fingerprint density at radius 2 is 1.40 bits per heavy atom. The smallest absolute Gasteiger partial charge is 0.166 e. The van der Waals surface area contributed by atoms with Gasteiger partial charge in [-0.1, -0.05) is 103 Å². The summed E-state index contributed by atoms with van der Waals surface area (Å²) in [5, 5.41) is 5.68. The molecule has 0 radical (unpaired) electrons. The van der Waals surface area contributed by atoms with E-state index in [1.165, 1.54) is 0 Å². The van der Waals surface area contributed by atoms with Crippen molar-refractivity contribution in [1.82, 2.24) is 24.1 Å². The maximum atomic E-state index is 4.96. The van der Waals surface area contributed by atoms with Crippen LogP contribution in [0.25, 0.3) is 39.4 Å². The van der Waals surface area contributed by atoms with Crippen molar-refractivity contribution in [2.24, 2.45) is 0 Å². The van der Waals surface area contributed by atoms with Crippen LogP contribution in [0.2, 0.25) is 0 Å². The maximum Gasteiger partial charge on any atom is 0.166 e. The van der Waals surface area contributed by atoms with Gasteiger partial charge in [0.15, 0.2) is 5.16 Å². The molecule has 3 heterocycles. The van der Waals surface area contributed by atoms with E-state index >= 15 is 0 Å². The summed E-state index contributed by atoms with van der Waals surface area (Å²) >= 11 is 1.77. The highest BCUT2D eigenvalue weighted by atomic mass is 32.2. The lowest BCUT2D eigenvalue weighted by molar-refractivity contribution is 0.704. The Labute approximate surface area is 208 Å². The molecule has 6 rings (SSSR count). The molecule has 5 nitrogen and oxygen atoms in total. The molecule has 3 aromatic heterocycles. The van der Waals surface area contributed by atoms with Gasteiger partial charge in [-0.05, 0) is 6.42 Å². The first-order chi connectivity index (χ1) is 17.3. The molecule has 172 valence electrons. The minimum Gasteiger partial charge on any atom is -0.332 e. The summed E-state index contributed by atoms with van der Waals surface area (Å²) in [6, 6.07) is 33.3. The van der Waals surface area contributed by atoms with Crippen molar-refractivity contribution >= 4 is 17.4 Å². The quantitative estimate of drug-likeness (QED) is 0.190. The Hall–Kier alpha value is -4.03. The molecule has 0 aliphatic rings. The molecule has 0 aliphatic heterocycles. The van der Waals surface area contributed by atoms with Gasteiger partial charge in [0, 0.05) is 47.4 Å². The van der Waals surface area contributed by atoms with E-state index < -0.39 is 0 Å². The number of imidazole rings is 2. The van der Waals surface area contributed by atoms with Crippen LogP contribution in [0.4, 0.5) is 0 Å². The van der Waals surface area contributed by atoms with Crippen LogP contribution in [-0.4, -0.2) is 29.9 Å². The molecule has 0 fully saturated rings. The fourth-order valence-electron chi connectivity index (χ4n) is 4.31. The van der Waals surface area contributed by atoms with E-state index in [1.54, 1.807) is 11.8 Å². The summed E-state index contributed by atoms with van der Waals surface area (Å²) in [7, 11) is 0. The molecule has 0 bridgehead atoms. The second-order valence-corrected chi connectivity index (χ2v) is 9.47. The van der Waals surface area contributed by atoms with Crippen LogP contribution >= 0.6 is 11.8 Å². The highest BCUT2D eigenvalue weighted by Crippen LogP contribution is 2.32. The lowest BCUT2D eigenvalue weighted by Gasteiger charge is -2.03. The lowest BCUT2D eigenvalue weighted by atomic mass is 10.1. The monoisotopic (exact) mass is 475 g/mol. The van der Waals surface area contributed by atoms with Crippen LogP contribution in [0.1, 0.15) is 6.42 Å². The van der Waals surface area contributed by atoms with Crippen LogP contribution in [0.15, 0.2) is 115 Å². The molecule has 6 aromatic rings. The number of fused-ring (bicyclic) bond motifs is 1. The average Bonchev–Trinajstić information content (AvgIpc) is 3.63. The van der Waals surface area contributed by atoms with Crippen molar-refractivity contribution in [2.45, 2.75) is 18.1 Å². The van der Waals surface area contributed by atoms with Gasteiger partial charge in [-0.2, -0.15) is 5.10 Å². The van der Waals surface area contributed by atoms with Crippen LogP contribution in [0.5, 0.6) is 0 Å². The molecule has 0 atom stereocenters. The summed E-state index contributed by atoms with van der Waals surface area (Å²) in [4.78, 5) is 8.54. The number of hydrogen-bond acceptors (Lipinski definition) is 3. The molecule has 0 saturated carbocycles. The van der Waals surface area contributed by atoms with Crippen LogP contribution in [0.3, 0.4) is 0 Å². The Balaban J connectivity index is 1.16. The third kappa shape index (κ3) is 4.53. The predicted octanol–water partition coefficient (Wildman–Crippen LogP) is 7.04. The molecule has 0 unspecified atom stereocenters. The Morgan fingerprint density at radius 1 is 0.743 bits per heavy atom. The molecule has 35 heavy (non-hydrogen) atoms. The Bertz CT molecular complexity index is 1470. The zero-order valence-electron chi connectivity index (χ0n) is 19.2. The fraction of sp³-hybridized carbons (Fsp3) is 0.103. The fourth-order valence-corrected chi connectivity index (χ4v) is 5.11. The molecule has 0 saturated heterocycles. The van der Waals surface area contributed by atoms with E-state index in [9.17, 15) is 0 Å². The normalized spacial score (nSPS) is 11.3. The zero-order chi connectivity index (χ0) is 23.5. The van der Waals surface area contributed by atoms with Crippen molar-refractivity contribution in [3.63, 3.8) is 0 Å². The van der Waals surface area contributed by atoms with Gasteiger partial charge in [0.05, 0.1) is 17.1 Å². The minimum atomic E-state index is 0.932. The molecule has 6 heteroatoms. The van der Waals surface area contributed by atoms with Gasteiger partial charge in [0.25, 0.3) is 0 Å². The number of nitrogens with one attached hydrogen (secondary N) is 1. The number of benzene rings is 3. The standard InChI is InChI=1S/C29H25N5S/c1-4-11-22(12-5-1)25-21-26-33(18-19-34(26)32-25)17-10-20-35-29-30-27(23-13-6-2-7-14-23)28(31-29)24-15-8-3-9-16-24/h1-9,11-16,18-19,21H,10,17,20H2,(H,30,31). The number of aromatic nitrogens is 5. The molecule has 1 N–H and O–H groups in total. The van der Waals surface area contributed by atoms with Crippen molar-refractivity contribution < 1.29 is 0 Å². The second kappa shape index (κ2) is 9.68. The maximum absolute atomic E-state index is 4.96. The van der Waals surface area contributed by atoms with E-state index in [2.05, 4.69) is 82.5 Å². The highest BCUT2D eigenvalue weighted by Gasteiger charge is 2.14. The van der Waals surface area contributed by atoms with Crippen molar-refractivity contribution in [3.8, 4) is 33.8 Å². The number of hydrogen-bond donors (Lipinski definition) is 1. The molecular formula is C29H25N5S. The third-order valence-corrected chi connectivity index (χ3v) is 7.00. The number of rotatable bonds is 8. The topological polar surface area (TPSA) is 50.9 Å². The molecular weight excluding hydrogens is 450 g/mol. The summed E-state index contributed by atoms with van der Waals surface area (Å²) < 4.78 is 4.23. The predicted molar refractivity (Wildman–Crippen MR) is 143 cm³/mol. The van der Waals surface area contributed by atoms with Gasteiger partial charge in [0.1, 0.15) is 5.65 Å². The zero-order valence-corrected chi connectivity index (χ0v) is 20.0. The Morgan fingerprint density at radius 3 is 2.11 bits per heavy atom. The van der Waals surface area contributed by atoms with Crippen LogP contribution in [0, 0.1) is 0 Å². The number of thioether (sulfide) groups is 1. The highest BCUT2D eigenvalue weighted by molar-refractivity contribution is 7.99. The van der Waals surface area contributed by atoms with Gasteiger partial charge in [-0.3, -0.25) is 0 Å². The average molecular weight is 476 g/mol. The summed E-state index contributed by atoms with van der Waals surface area (Å²) in [6.45, 7) is 0.932. The van der Waals surface area contributed by atoms with E-state index in [-0.39, 0.29) is 0 Å². The number of aromatic amines is 1. The Kier molecular flexibility index (Phi) is 5.95. The summed E-state index contributed by atoms with van der Waals surface area (Å²) in [5.41, 5.74) is 7.60. The molecule has 0 amide bonds. The lowest BCUT2D eigenvalue weighted by Crippen LogP contribution is -1.97. The van der Waals surface area contributed by atoms with Crippen molar-refractivity contribution in [2.75, 3.05) is 5.75 Å². The van der Waals surface area contributed by atoms with E-state index in [0.29, 0.717) is 0 Å². The van der Waals surface area contributed by atoms with Crippen molar-refractivity contribution in [3.05, 3.63) is 109 Å². The van der Waals surface area contributed by atoms with E-state index in [4.69, 9.17) is 10.1 Å². The van der Waals surface area contributed by atoms with Crippen LogP contribution < -0.4 is 0 Å². The third-order valence-electron chi connectivity index (χ3n) is 6.04. The first-order valence-corrected chi connectivity index (χ1v) is 12.8. The van der Waals surface area contributed by atoms with E-state index in [1.807, 2.05) is 41.0 Å². The second-order valence-electron chi connectivity index (χ2n) is 8.39. The molecule has 0 aliphatic carbocycles. The van der Waals surface area contributed by atoms with Gasteiger partial charge in [-0.15, -0.1) is 0 Å². The first kappa shape index (κ1) is 21.5. The van der Waals surface area contributed by atoms with E-state index in [0.717, 1.165) is 63.3 Å².